The Balaban J connectivity index is 2.31. The maximum Gasteiger partial charge on any atom is 0.0308 e. The zero-order valence-corrected chi connectivity index (χ0v) is 9.17. The first kappa shape index (κ1) is 8.46. The Morgan fingerprint density at radius 2 is 2.14 bits per heavy atom. The Hall–Kier alpha value is -0.850. The number of hydrogen-bond donors (Lipinski definition) is 0. The van der Waals surface area contributed by atoms with Crippen molar-refractivity contribution in [2.75, 3.05) is 0 Å². The molecule has 3 rings (SSSR count). The van der Waals surface area contributed by atoms with Crippen molar-refractivity contribution in [3.05, 3.63) is 29.6 Å². The molecule has 14 heavy (non-hydrogen) atoms. The zero-order chi connectivity index (χ0) is 9.97. The van der Waals surface area contributed by atoms with Crippen LogP contribution in [0.5, 0.6) is 0 Å². The molecule has 2 atom stereocenters. The largest absolute Gasteiger partial charge is 0.264 e. The molecule has 1 heterocycles. The lowest BCUT2D eigenvalue weighted by Gasteiger charge is -2.35. The van der Waals surface area contributed by atoms with E-state index in [2.05, 4.69) is 38.0 Å². The average Bonchev–Trinajstić information content (AvgIpc) is 2.49. The number of pyridine rings is 1. The molecule has 1 fully saturated rings. The summed E-state index contributed by atoms with van der Waals surface area (Å²) in [6, 6.07) is 2.23. The Kier molecular flexibility index (Phi) is 1.33. The number of nitrogens with zero attached hydrogens (tertiary/aromatic N) is 1. The van der Waals surface area contributed by atoms with Gasteiger partial charge in [-0.25, -0.2) is 0 Å². The van der Waals surface area contributed by atoms with Crippen molar-refractivity contribution >= 4 is 0 Å². The van der Waals surface area contributed by atoms with Crippen LogP contribution in [0.1, 0.15) is 50.7 Å². The van der Waals surface area contributed by atoms with Crippen LogP contribution in [-0.4, -0.2) is 4.98 Å². The van der Waals surface area contributed by atoms with Crippen LogP contribution in [0.25, 0.3) is 0 Å². The Bertz CT molecular complexity index is 394. The van der Waals surface area contributed by atoms with Crippen molar-refractivity contribution in [3.63, 3.8) is 0 Å². The van der Waals surface area contributed by atoms with E-state index in [9.17, 15) is 0 Å². The second-order valence-corrected chi connectivity index (χ2v) is 5.61. The van der Waals surface area contributed by atoms with Crippen LogP contribution in [0.15, 0.2) is 18.5 Å². The lowest BCUT2D eigenvalue weighted by atomic mass is 9.69. The highest BCUT2D eigenvalue weighted by molar-refractivity contribution is 5.47. The molecule has 0 spiro atoms. The molecule has 1 aromatic rings. The van der Waals surface area contributed by atoms with Gasteiger partial charge in [-0.05, 0) is 46.8 Å². The Labute approximate surface area is 85.6 Å². The summed E-state index contributed by atoms with van der Waals surface area (Å²) >= 11 is 0. The third-order valence-electron chi connectivity index (χ3n) is 5.05. The first-order valence-corrected chi connectivity index (χ1v) is 5.52. The summed E-state index contributed by atoms with van der Waals surface area (Å²) < 4.78 is 0. The van der Waals surface area contributed by atoms with Crippen molar-refractivity contribution in [1.29, 1.82) is 0 Å². The number of fused-ring (bicyclic) bond motifs is 5. The van der Waals surface area contributed by atoms with Crippen LogP contribution in [0.4, 0.5) is 0 Å². The molecule has 1 aromatic heterocycles. The third-order valence-corrected chi connectivity index (χ3v) is 5.05. The molecule has 0 amide bonds. The highest BCUT2D eigenvalue weighted by Gasteiger charge is 2.59. The molecule has 0 radical (unpaired) electrons. The molecule has 0 N–H and O–H groups in total. The molecule has 74 valence electrons. The van der Waals surface area contributed by atoms with Gasteiger partial charge in [0.05, 0.1) is 0 Å². The fraction of sp³-hybridized carbons (Fsp3) is 0.615. The number of hydrogen-bond acceptors (Lipinski definition) is 1. The van der Waals surface area contributed by atoms with Crippen LogP contribution in [-0.2, 0) is 5.41 Å². The van der Waals surface area contributed by atoms with Crippen molar-refractivity contribution in [3.8, 4) is 0 Å². The summed E-state index contributed by atoms with van der Waals surface area (Å²) in [7, 11) is 0. The van der Waals surface area contributed by atoms with Gasteiger partial charge in [-0.3, -0.25) is 4.98 Å². The van der Waals surface area contributed by atoms with Gasteiger partial charge in [0.15, 0.2) is 0 Å². The maximum atomic E-state index is 4.29. The molecule has 1 nitrogen and oxygen atoms in total. The fourth-order valence-electron chi connectivity index (χ4n) is 3.70. The third kappa shape index (κ3) is 0.678. The van der Waals surface area contributed by atoms with Gasteiger partial charge in [0.1, 0.15) is 0 Å². The molecule has 2 aliphatic carbocycles. The van der Waals surface area contributed by atoms with Crippen LogP contribution in [0.2, 0.25) is 0 Å². The second-order valence-electron chi connectivity index (χ2n) is 5.61. The topological polar surface area (TPSA) is 12.9 Å². The van der Waals surface area contributed by atoms with E-state index in [1.165, 1.54) is 18.4 Å². The van der Waals surface area contributed by atoms with Gasteiger partial charge in [0, 0.05) is 12.4 Å². The SMILES string of the molecule is CC1(C)[C@H]2CC[C@]1(C)c1cnccc12. The van der Waals surface area contributed by atoms with Crippen LogP contribution in [0, 0.1) is 5.41 Å². The van der Waals surface area contributed by atoms with E-state index < -0.39 is 0 Å². The van der Waals surface area contributed by atoms with Gasteiger partial charge in [-0.2, -0.15) is 0 Å². The van der Waals surface area contributed by atoms with E-state index in [4.69, 9.17) is 0 Å². The summed E-state index contributed by atoms with van der Waals surface area (Å²) in [6.07, 6.45) is 6.74. The first-order chi connectivity index (χ1) is 6.57. The van der Waals surface area contributed by atoms with Gasteiger partial charge in [-0.15, -0.1) is 0 Å². The van der Waals surface area contributed by atoms with Crippen molar-refractivity contribution in [1.82, 2.24) is 4.98 Å². The highest BCUT2D eigenvalue weighted by Crippen LogP contribution is 2.67. The Morgan fingerprint density at radius 3 is 2.86 bits per heavy atom. The molecule has 1 saturated carbocycles. The van der Waals surface area contributed by atoms with Gasteiger partial charge in [0.2, 0.25) is 0 Å². The number of aromatic nitrogens is 1. The van der Waals surface area contributed by atoms with E-state index >= 15 is 0 Å². The lowest BCUT2D eigenvalue weighted by molar-refractivity contribution is 0.230. The second kappa shape index (κ2) is 2.21. The van der Waals surface area contributed by atoms with E-state index in [0.717, 1.165) is 5.92 Å². The molecule has 0 saturated heterocycles. The summed E-state index contributed by atoms with van der Waals surface area (Å²) in [6.45, 7) is 7.26. The summed E-state index contributed by atoms with van der Waals surface area (Å²) in [5.74, 6) is 0.769. The summed E-state index contributed by atoms with van der Waals surface area (Å²) in [5, 5.41) is 0. The van der Waals surface area contributed by atoms with Crippen LogP contribution < -0.4 is 0 Å². The van der Waals surface area contributed by atoms with Crippen molar-refractivity contribution in [2.24, 2.45) is 5.41 Å². The van der Waals surface area contributed by atoms with Gasteiger partial charge >= 0.3 is 0 Å². The monoisotopic (exact) mass is 187 g/mol. The smallest absolute Gasteiger partial charge is 0.0308 e. The van der Waals surface area contributed by atoms with Crippen molar-refractivity contribution in [2.45, 2.75) is 44.9 Å². The average molecular weight is 187 g/mol. The summed E-state index contributed by atoms with van der Waals surface area (Å²) in [4.78, 5) is 4.29. The predicted octanol–water partition coefficient (Wildman–Crippen LogP) is 3.26. The maximum absolute atomic E-state index is 4.29. The molecule has 1 heteroatoms. The molecule has 2 bridgehead atoms. The van der Waals surface area contributed by atoms with E-state index in [1.54, 1.807) is 5.56 Å². The molecular formula is C13H17N. The fourth-order valence-corrected chi connectivity index (χ4v) is 3.70. The first-order valence-electron chi connectivity index (χ1n) is 5.52. The highest BCUT2D eigenvalue weighted by atomic mass is 14.7. The van der Waals surface area contributed by atoms with E-state index in [-0.39, 0.29) is 0 Å². The minimum atomic E-state index is 0.376. The van der Waals surface area contributed by atoms with Gasteiger partial charge in [0.25, 0.3) is 0 Å². The molecule has 0 aliphatic heterocycles. The molecule has 0 unspecified atom stereocenters. The number of rotatable bonds is 0. The molecule has 2 aliphatic rings. The minimum Gasteiger partial charge on any atom is -0.264 e. The van der Waals surface area contributed by atoms with E-state index in [0.29, 0.717) is 10.8 Å². The molecular weight excluding hydrogens is 170 g/mol. The van der Waals surface area contributed by atoms with E-state index in [1.807, 2.05) is 6.20 Å². The minimum absolute atomic E-state index is 0.376. The summed E-state index contributed by atoms with van der Waals surface area (Å²) in [5.41, 5.74) is 3.89. The predicted molar refractivity (Wildman–Crippen MR) is 57.3 cm³/mol. The van der Waals surface area contributed by atoms with Gasteiger partial charge in [-0.1, -0.05) is 20.8 Å². The Morgan fingerprint density at radius 1 is 1.36 bits per heavy atom. The quantitative estimate of drug-likeness (QED) is 0.607. The normalized spacial score (nSPS) is 37.2. The van der Waals surface area contributed by atoms with Crippen LogP contribution in [0.3, 0.4) is 0 Å². The lowest BCUT2D eigenvalue weighted by Crippen LogP contribution is -2.31. The van der Waals surface area contributed by atoms with Crippen LogP contribution >= 0.6 is 0 Å². The van der Waals surface area contributed by atoms with Gasteiger partial charge < -0.3 is 0 Å². The standard InChI is InChI=1S/C13H17N/c1-12(2)10-4-6-13(12,3)11-8-14-7-5-9(10)11/h5,7-8,10H,4,6H2,1-3H3/t10-,13+/m0/s1. The van der Waals surface area contributed by atoms with Crippen molar-refractivity contribution < 1.29 is 0 Å². The molecule has 0 aromatic carbocycles. The zero-order valence-electron chi connectivity index (χ0n) is 9.17.